The molecule has 6 heteroatoms. The summed E-state index contributed by atoms with van der Waals surface area (Å²) in [6.45, 7) is 0.237. The number of H-pyrrole nitrogens is 1. The van der Waals surface area contributed by atoms with Gasteiger partial charge in [0.05, 0.1) is 13.1 Å². The summed E-state index contributed by atoms with van der Waals surface area (Å²) in [4.78, 5) is 22.8. The summed E-state index contributed by atoms with van der Waals surface area (Å²) in [5, 5.41) is 2.38. The van der Waals surface area contributed by atoms with E-state index in [2.05, 4.69) is 16.9 Å². The third-order valence-corrected chi connectivity index (χ3v) is 2.52. The Morgan fingerprint density at radius 2 is 2.05 bits per heavy atom. The van der Waals surface area contributed by atoms with Crippen LogP contribution in [0, 0.1) is 17.7 Å². The molecule has 5 nitrogen and oxygen atoms in total. The summed E-state index contributed by atoms with van der Waals surface area (Å²) in [5.74, 6) is 4.89. The SMILES string of the molecule is NCC#Cc1cc(F)cc(Cn2[nH]c(=O)ccc2=O)c1. The van der Waals surface area contributed by atoms with Gasteiger partial charge in [0.2, 0.25) is 0 Å². The number of aromatic amines is 1. The van der Waals surface area contributed by atoms with E-state index in [1.807, 2.05) is 0 Å². The predicted octanol–water partition coefficient (Wildman–Crippen LogP) is 0.0342. The molecule has 0 fully saturated rings. The van der Waals surface area contributed by atoms with Gasteiger partial charge in [-0.3, -0.25) is 14.7 Å². The highest BCUT2D eigenvalue weighted by Crippen LogP contribution is 2.09. The van der Waals surface area contributed by atoms with Gasteiger partial charge in [-0.05, 0) is 23.8 Å². The molecule has 0 aliphatic heterocycles. The van der Waals surface area contributed by atoms with Crippen molar-refractivity contribution in [2.75, 3.05) is 6.54 Å². The number of nitrogens with two attached hydrogens (primary N) is 1. The van der Waals surface area contributed by atoms with E-state index < -0.39 is 11.4 Å². The van der Waals surface area contributed by atoms with Crippen LogP contribution >= 0.6 is 0 Å². The molecule has 20 heavy (non-hydrogen) atoms. The van der Waals surface area contributed by atoms with Crippen LogP contribution in [-0.2, 0) is 6.54 Å². The van der Waals surface area contributed by atoms with Crippen LogP contribution in [0.25, 0.3) is 0 Å². The molecule has 0 aliphatic carbocycles. The van der Waals surface area contributed by atoms with Gasteiger partial charge in [-0.1, -0.05) is 11.8 Å². The molecule has 0 saturated heterocycles. The van der Waals surface area contributed by atoms with E-state index in [4.69, 9.17) is 5.73 Å². The molecule has 2 aromatic rings. The lowest BCUT2D eigenvalue weighted by Gasteiger charge is -2.06. The van der Waals surface area contributed by atoms with Gasteiger partial charge in [0.25, 0.3) is 11.1 Å². The summed E-state index contributed by atoms with van der Waals surface area (Å²) in [5.41, 5.74) is 5.48. The van der Waals surface area contributed by atoms with Crippen molar-refractivity contribution >= 4 is 0 Å². The maximum absolute atomic E-state index is 13.5. The molecule has 1 aromatic carbocycles. The lowest BCUT2D eigenvalue weighted by molar-refractivity contribution is 0.605. The molecule has 0 saturated carbocycles. The molecule has 0 spiro atoms. The topological polar surface area (TPSA) is 80.9 Å². The van der Waals surface area contributed by atoms with E-state index >= 15 is 0 Å². The fraction of sp³-hybridized carbons (Fsp3) is 0.143. The molecule has 0 radical (unpaired) electrons. The standard InChI is InChI=1S/C14H12FN3O2/c15-12-7-10(2-1-5-16)6-11(8-12)9-18-14(20)4-3-13(19)17-18/h3-4,6-8H,5,9,16H2,(H,17,19). The van der Waals surface area contributed by atoms with Gasteiger partial charge >= 0.3 is 0 Å². The third kappa shape index (κ3) is 3.43. The Bertz CT molecular complexity index is 796. The Hall–Kier alpha value is -2.65. The van der Waals surface area contributed by atoms with E-state index in [9.17, 15) is 14.0 Å². The minimum absolute atomic E-state index is 0.0595. The number of benzene rings is 1. The van der Waals surface area contributed by atoms with Gasteiger partial charge in [-0.15, -0.1) is 0 Å². The van der Waals surface area contributed by atoms with Crippen LogP contribution in [0.3, 0.4) is 0 Å². The van der Waals surface area contributed by atoms with Crippen molar-refractivity contribution in [2.24, 2.45) is 5.73 Å². The Morgan fingerprint density at radius 1 is 1.25 bits per heavy atom. The van der Waals surface area contributed by atoms with Crippen molar-refractivity contribution in [2.45, 2.75) is 6.54 Å². The number of hydrogen-bond acceptors (Lipinski definition) is 3. The third-order valence-electron chi connectivity index (χ3n) is 2.52. The number of nitrogens with one attached hydrogen (secondary N) is 1. The normalized spacial score (nSPS) is 9.90. The van der Waals surface area contributed by atoms with Crippen molar-refractivity contribution in [3.05, 3.63) is 68.0 Å². The molecule has 0 aliphatic rings. The quantitative estimate of drug-likeness (QED) is 0.758. The average Bonchev–Trinajstić information content (AvgIpc) is 2.40. The zero-order valence-electron chi connectivity index (χ0n) is 10.5. The van der Waals surface area contributed by atoms with Gasteiger partial charge in [-0.2, -0.15) is 0 Å². The lowest BCUT2D eigenvalue weighted by Crippen LogP contribution is -2.28. The summed E-state index contributed by atoms with van der Waals surface area (Å²) in [6.07, 6.45) is 0. The van der Waals surface area contributed by atoms with Crippen LogP contribution < -0.4 is 16.9 Å². The van der Waals surface area contributed by atoms with Gasteiger partial charge in [0.15, 0.2) is 0 Å². The molecule has 0 bridgehead atoms. The highest BCUT2D eigenvalue weighted by molar-refractivity contribution is 5.38. The van der Waals surface area contributed by atoms with Crippen molar-refractivity contribution in [1.29, 1.82) is 0 Å². The molecular formula is C14H12FN3O2. The zero-order chi connectivity index (χ0) is 14.5. The summed E-state index contributed by atoms with van der Waals surface area (Å²) in [7, 11) is 0. The minimum Gasteiger partial charge on any atom is -0.320 e. The molecule has 0 unspecified atom stereocenters. The van der Waals surface area contributed by atoms with Gasteiger partial charge in [0, 0.05) is 17.7 Å². The molecule has 0 amide bonds. The van der Waals surface area contributed by atoms with Gasteiger partial charge in [-0.25, -0.2) is 9.07 Å². The largest absolute Gasteiger partial charge is 0.320 e. The maximum Gasteiger partial charge on any atom is 0.265 e. The smallest absolute Gasteiger partial charge is 0.265 e. The van der Waals surface area contributed by atoms with Crippen LogP contribution in [0.4, 0.5) is 4.39 Å². The Kier molecular flexibility index (Phi) is 4.13. The van der Waals surface area contributed by atoms with Crippen LogP contribution in [0.15, 0.2) is 39.9 Å². The first-order valence-corrected chi connectivity index (χ1v) is 5.87. The van der Waals surface area contributed by atoms with Gasteiger partial charge < -0.3 is 5.73 Å². The highest BCUT2D eigenvalue weighted by Gasteiger charge is 2.03. The minimum atomic E-state index is -0.463. The molecule has 2 rings (SSSR count). The number of nitrogens with zero attached hydrogens (tertiary/aromatic N) is 1. The zero-order valence-corrected chi connectivity index (χ0v) is 10.5. The summed E-state index contributed by atoms with van der Waals surface area (Å²) in [6, 6.07) is 6.51. The Morgan fingerprint density at radius 3 is 2.80 bits per heavy atom. The summed E-state index contributed by atoms with van der Waals surface area (Å²) >= 11 is 0. The summed E-state index contributed by atoms with van der Waals surface area (Å²) < 4.78 is 14.6. The number of rotatable bonds is 2. The van der Waals surface area contributed by atoms with Crippen molar-refractivity contribution in [1.82, 2.24) is 9.78 Å². The van der Waals surface area contributed by atoms with Crippen molar-refractivity contribution in [3.63, 3.8) is 0 Å². The second-order valence-corrected chi connectivity index (χ2v) is 4.09. The van der Waals surface area contributed by atoms with E-state index in [0.29, 0.717) is 11.1 Å². The lowest BCUT2D eigenvalue weighted by atomic mass is 10.1. The molecule has 0 atom stereocenters. The fourth-order valence-corrected chi connectivity index (χ4v) is 1.73. The maximum atomic E-state index is 13.5. The first kappa shape index (κ1) is 13.8. The van der Waals surface area contributed by atoms with Crippen molar-refractivity contribution < 1.29 is 4.39 Å². The molecule has 1 aromatic heterocycles. The van der Waals surface area contributed by atoms with Crippen LogP contribution in [-0.4, -0.2) is 16.3 Å². The highest BCUT2D eigenvalue weighted by atomic mass is 19.1. The van der Waals surface area contributed by atoms with Gasteiger partial charge in [0.1, 0.15) is 5.82 Å². The molecule has 102 valence electrons. The second-order valence-electron chi connectivity index (χ2n) is 4.09. The van der Waals surface area contributed by atoms with E-state index in [0.717, 1.165) is 16.8 Å². The first-order chi connectivity index (χ1) is 9.58. The second kappa shape index (κ2) is 5.99. The monoisotopic (exact) mass is 273 g/mol. The number of hydrogen-bond donors (Lipinski definition) is 2. The van der Waals surface area contributed by atoms with Crippen LogP contribution in [0.1, 0.15) is 11.1 Å². The van der Waals surface area contributed by atoms with Crippen LogP contribution in [0.5, 0.6) is 0 Å². The Labute approximate surface area is 113 Å². The van der Waals surface area contributed by atoms with E-state index in [1.165, 1.54) is 12.1 Å². The predicted molar refractivity (Wildman–Crippen MR) is 72.8 cm³/mol. The average molecular weight is 273 g/mol. The first-order valence-electron chi connectivity index (χ1n) is 5.87. The van der Waals surface area contributed by atoms with Crippen molar-refractivity contribution in [3.8, 4) is 11.8 Å². The fourth-order valence-electron chi connectivity index (χ4n) is 1.73. The van der Waals surface area contributed by atoms with E-state index in [-0.39, 0.29) is 18.6 Å². The van der Waals surface area contributed by atoms with Crippen LogP contribution in [0.2, 0.25) is 0 Å². The number of aromatic nitrogens is 2. The molecular weight excluding hydrogens is 261 g/mol. The molecule has 1 heterocycles. The number of halogens is 1. The molecule has 3 N–H and O–H groups in total. The van der Waals surface area contributed by atoms with E-state index in [1.54, 1.807) is 6.07 Å². The Balaban J connectivity index is 2.38.